The number of para-hydroxylation sites is 2. The number of nitrogens with zero attached hydrogens (tertiary/aromatic N) is 1. The van der Waals surface area contributed by atoms with E-state index in [0.29, 0.717) is 22.8 Å². The number of carbonyl (C=O) groups excluding carboxylic acids is 1. The Labute approximate surface area is 138 Å². The van der Waals surface area contributed by atoms with Gasteiger partial charge in [0.2, 0.25) is 6.10 Å². The summed E-state index contributed by atoms with van der Waals surface area (Å²) in [6, 6.07) is 11.9. The highest BCUT2D eigenvalue weighted by atomic mass is 16.6. The Kier molecular flexibility index (Phi) is 4.51. The number of nitrogens with one attached hydrogen (secondary N) is 1. The van der Waals surface area contributed by atoms with Gasteiger partial charge in [-0.05, 0) is 35.9 Å². The zero-order chi connectivity index (χ0) is 16.9. The van der Waals surface area contributed by atoms with Crippen LogP contribution in [0.25, 0.3) is 0 Å². The summed E-state index contributed by atoms with van der Waals surface area (Å²) in [6.45, 7) is 0.113. The van der Waals surface area contributed by atoms with Crippen molar-refractivity contribution in [2.75, 3.05) is 13.7 Å². The number of phenols is 1. The van der Waals surface area contributed by atoms with E-state index < -0.39 is 12.0 Å². The van der Waals surface area contributed by atoms with E-state index >= 15 is 0 Å². The molecule has 0 aliphatic carbocycles. The first-order valence-corrected chi connectivity index (χ1v) is 7.26. The minimum absolute atomic E-state index is 0.00611. The topological polar surface area (TPSA) is 89.4 Å². The van der Waals surface area contributed by atoms with Gasteiger partial charge in [0.25, 0.3) is 5.91 Å². The maximum absolute atomic E-state index is 12.1. The molecule has 2 N–H and O–H groups in total. The van der Waals surface area contributed by atoms with Crippen molar-refractivity contribution in [3.8, 4) is 23.0 Å². The van der Waals surface area contributed by atoms with Crippen LogP contribution in [0.2, 0.25) is 0 Å². The van der Waals surface area contributed by atoms with Gasteiger partial charge in [-0.2, -0.15) is 5.10 Å². The molecular weight excluding hydrogens is 312 g/mol. The lowest BCUT2D eigenvalue weighted by Gasteiger charge is -2.24. The summed E-state index contributed by atoms with van der Waals surface area (Å²) >= 11 is 0. The number of hydrazone groups is 1. The standard InChI is InChI=1S/C17H16N2O5/c1-22-13-7-6-11(8-12(13)20)9-18-19-17(21)16-10-23-14-4-2-3-5-15(14)24-16/h2-9,16,20H,10H2,1H3,(H,19,21)/b18-9+/t16-/m0/s1. The SMILES string of the molecule is COc1ccc(/C=N/NC(=O)[C@@H]2COc3ccccc3O2)cc1O. The van der Waals surface area contributed by atoms with Crippen LogP contribution in [-0.2, 0) is 4.79 Å². The van der Waals surface area contributed by atoms with Crippen molar-refractivity contribution >= 4 is 12.1 Å². The van der Waals surface area contributed by atoms with Crippen molar-refractivity contribution in [2.45, 2.75) is 6.10 Å². The lowest BCUT2D eigenvalue weighted by Crippen LogP contribution is -2.42. The van der Waals surface area contributed by atoms with Crippen molar-refractivity contribution in [2.24, 2.45) is 5.10 Å². The van der Waals surface area contributed by atoms with Crippen molar-refractivity contribution < 1.29 is 24.1 Å². The Morgan fingerprint density at radius 1 is 1.33 bits per heavy atom. The molecule has 1 heterocycles. The van der Waals surface area contributed by atoms with E-state index in [0.717, 1.165) is 0 Å². The van der Waals surface area contributed by atoms with Gasteiger partial charge < -0.3 is 19.3 Å². The molecule has 0 radical (unpaired) electrons. The van der Waals surface area contributed by atoms with Gasteiger partial charge in [0, 0.05) is 0 Å². The van der Waals surface area contributed by atoms with Crippen LogP contribution in [0.5, 0.6) is 23.0 Å². The molecule has 24 heavy (non-hydrogen) atoms. The largest absolute Gasteiger partial charge is 0.504 e. The zero-order valence-corrected chi connectivity index (χ0v) is 12.9. The number of aromatic hydroxyl groups is 1. The molecule has 0 aromatic heterocycles. The summed E-state index contributed by atoms with van der Waals surface area (Å²) in [5.41, 5.74) is 3.00. The highest BCUT2D eigenvalue weighted by molar-refractivity contribution is 5.85. The second-order valence-electron chi connectivity index (χ2n) is 5.03. The molecule has 0 saturated carbocycles. The molecule has 0 fully saturated rings. The number of hydrogen-bond donors (Lipinski definition) is 2. The normalized spacial score (nSPS) is 16.0. The molecule has 1 atom stereocenters. The van der Waals surface area contributed by atoms with E-state index in [2.05, 4.69) is 10.5 Å². The summed E-state index contributed by atoms with van der Waals surface area (Å²) in [7, 11) is 1.47. The molecule has 7 heteroatoms. The zero-order valence-electron chi connectivity index (χ0n) is 12.9. The predicted molar refractivity (Wildman–Crippen MR) is 86.7 cm³/mol. The van der Waals surface area contributed by atoms with Crippen molar-refractivity contribution in [1.29, 1.82) is 0 Å². The lowest BCUT2D eigenvalue weighted by atomic mass is 10.2. The Bertz CT molecular complexity index is 775. The lowest BCUT2D eigenvalue weighted by molar-refractivity contribution is -0.130. The smallest absolute Gasteiger partial charge is 0.284 e. The van der Waals surface area contributed by atoms with Gasteiger partial charge in [-0.3, -0.25) is 4.79 Å². The fraction of sp³-hybridized carbons (Fsp3) is 0.176. The third kappa shape index (κ3) is 3.40. The van der Waals surface area contributed by atoms with Gasteiger partial charge >= 0.3 is 0 Å². The second kappa shape index (κ2) is 6.91. The molecule has 2 aromatic carbocycles. The summed E-state index contributed by atoms with van der Waals surface area (Å²) < 4.78 is 16.0. The summed E-state index contributed by atoms with van der Waals surface area (Å²) in [6.07, 6.45) is 0.635. The molecule has 0 saturated heterocycles. The van der Waals surface area contributed by atoms with E-state index in [1.54, 1.807) is 30.3 Å². The Hall–Kier alpha value is -3.22. The Morgan fingerprint density at radius 3 is 2.88 bits per heavy atom. The van der Waals surface area contributed by atoms with Crippen molar-refractivity contribution in [1.82, 2.24) is 5.43 Å². The summed E-state index contributed by atoms with van der Waals surface area (Å²) in [5, 5.41) is 13.5. The molecular formula is C17H16N2O5. The number of benzene rings is 2. The number of amides is 1. The molecule has 0 bridgehead atoms. The van der Waals surface area contributed by atoms with Gasteiger partial charge in [-0.25, -0.2) is 5.43 Å². The van der Waals surface area contributed by atoms with Gasteiger partial charge in [0.15, 0.2) is 23.0 Å². The first kappa shape index (κ1) is 15.7. The van der Waals surface area contributed by atoms with E-state index in [1.165, 1.54) is 19.4 Å². The number of phenolic OH excluding ortho intramolecular Hbond substituents is 1. The van der Waals surface area contributed by atoms with Gasteiger partial charge in [-0.1, -0.05) is 12.1 Å². The predicted octanol–water partition coefficient (Wildman–Crippen LogP) is 1.69. The van der Waals surface area contributed by atoms with Crippen LogP contribution in [0, 0.1) is 0 Å². The molecule has 7 nitrogen and oxygen atoms in total. The van der Waals surface area contributed by atoms with E-state index in [1.807, 2.05) is 6.07 Å². The van der Waals surface area contributed by atoms with Crippen LogP contribution in [0.1, 0.15) is 5.56 Å². The third-order valence-electron chi connectivity index (χ3n) is 3.39. The van der Waals surface area contributed by atoms with Gasteiger partial charge in [0.05, 0.1) is 13.3 Å². The molecule has 1 aliphatic rings. The fourth-order valence-corrected chi connectivity index (χ4v) is 2.18. The van der Waals surface area contributed by atoms with Gasteiger partial charge in [-0.15, -0.1) is 0 Å². The molecule has 1 amide bonds. The van der Waals surface area contributed by atoms with Crippen molar-refractivity contribution in [3.05, 3.63) is 48.0 Å². The number of methoxy groups -OCH3 is 1. The average molecular weight is 328 g/mol. The van der Waals surface area contributed by atoms with E-state index in [4.69, 9.17) is 14.2 Å². The van der Waals surface area contributed by atoms with Crippen LogP contribution in [0.3, 0.4) is 0 Å². The monoisotopic (exact) mass is 328 g/mol. The Balaban J connectivity index is 1.59. The molecule has 0 unspecified atom stereocenters. The van der Waals surface area contributed by atoms with Crippen LogP contribution in [0.15, 0.2) is 47.6 Å². The third-order valence-corrected chi connectivity index (χ3v) is 3.39. The average Bonchev–Trinajstić information content (AvgIpc) is 2.61. The molecule has 124 valence electrons. The van der Waals surface area contributed by atoms with Crippen molar-refractivity contribution in [3.63, 3.8) is 0 Å². The Morgan fingerprint density at radius 2 is 2.12 bits per heavy atom. The number of hydrogen-bond acceptors (Lipinski definition) is 6. The maximum atomic E-state index is 12.1. The van der Waals surface area contributed by atoms with Crippen LogP contribution < -0.4 is 19.6 Å². The highest BCUT2D eigenvalue weighted by Gasteiger charge is 2.26. The van der Waals surface area contributed by atoms with Crippen LogP contribution >= 0.6 is 0 Å². The molecule has 3 rings (SSSR count). The first-order valence-electron chi connectivity index (χ1n) is 7.26. The van der Waals surface area contributed by atoms with Crippen LogP contribution in [-0.4, -0.2) is 37.0 Å². The molecule has 0 spiro atoms. The fourth-order valence-electron chi connectivity index (χ4n) is 2.18. The molecule has 2 aromatic rings. The summed E-state index contributed by atoms with van der Waals surface area (Å²) in [5.74, 6) is 1.07. The number of fused-ring (bicyclic) bond motifs is 1. The van der Waals surface area contributed by atoms with E-state index in [9.17, 15) is 9.90 Å². The summed E-state index contributed by atoms with van der Waals surface area (Å²) in [4.78, 5) is 12.1. The first-order chi connectivity index (χ1) is 11.7. The number of ether oxygens (including phenoxy) is 3. The quantitative estimate of drug-likeness (QED) is 0.658. The molecule has 1 aliphatic heterocycles. The second-order valence-corrected chi connectivity index (χ2v) is 5.03. The minimum atomic E-state index is -0.777. The minimum Gasteiger partial charge on any atom is -0.504 e. The number of rotatable bonds is 4. The maximum Gasteiger partial charge on any atom is 0.284 e. The van der Waals surface area contributed by atoms with E-state index in [-0.39, 0.29) is 12.4 Å². The number of carbonyl (C=O) groups is 1. The van der Waals surface area contributed by atoms with Gasteiger partial charge in [0.1, 0.15) is 6.61 Å². The highest BCUT2D eigenvalue weighted by Crippen LogP contribution is 2.30. The van der Waals surface area contributed by atoms with Crippen LogP contribution in [0.4, 0.5) is 0 Å².